The molecule has 0 unspecified atom stereocenters. The third-order valence-electron chi connectivity index (χ3n) is 10.8. The molecule has 0 N–H and O–H groups in total. The number of rotatable bonds is 7. The first kappa shape index (κ1) is 32.3. The van der Waals surface area contributed by atoms with Gasteiger partial charge in [0.05, 0.1) is 11.0 Å². The van der Waals surface area contributed by atoms with E-state index in [9.17, 15) is 0 Å². The molecule has 0 aliphatic carbocycles. The second kappa shape index (κ2) is 13.3. The van der Waals surface area contributed by atoms with Crippen molar-refractivity contribution in [1.82, 2.24) is 4.57 Å². The maximum absolute atomic E-state index is 6.43. The Morgan fingerprint density at radius 1 is 0.393 bits per heavy atom. The van der Waals surface area contributed by atoms with Gasteiger partial charge in [-0.15, -0.1) is 11.3 Å². The molecular weight excluding hydrogens is 701 g/mol. The van der Waals surface area contributed by atoms with Crippen LogP contribution in [0.1, 0.15) is 0 Å². The second-order valence-electron chi connectivity index (χ2n) is 14.1. The molecule has 11 rings (SSSR count). The Kier molecular flexibility index (Phi) is 7.68. The SMILES string of the molecule is c1ccc(-c2ccc(-c3ccc(N(c4ccc(-c5cccc6c5oc5ccccc56)cc4)c4ccc5c(c4)c4ccccc4n5-c4ccccc4)cc3)s2)cc1. The number of anilines is 3. The molecule has 4 heteroatoms. The normalized spacial score (nSPS) is 11.6. The molecular formula is C52H34N2OS. The number of aromatic nitrogens is 1. The van der Waals surface area contributed by atoms with E-state index in [1.807, 2.05) is 23.5 Å². The van der Waals surface area contributed by atoms with Gasteiger partial charge in [0, 0.05) is 59.6 Å². The fourth-order valence-electron chi connectivity index (χ4n) is 8.19. The van der Waals surface area contributed by atoms with Gasteiger partial charge in [-0.2, -0.15) is 0 Å². The smallest absolute Gasteiger partial charge is 0.143 e. The first-order chi connectivity index (χ1) is 27.8. The Morgan fingerprint density at radius 3 is 1.71 bits per heavy atom. The summed E-state index contributed by atoms with van der Waals surface area (Å²) in [6.45, 7) is 0. The van der Waals surface area contributed by atoms with Crippen LogP contribution in [0.5, 0.6) is 0 Å². The molecule has 0 amide bonds. The fraction of sp³-hybridized carbons (Fsp3) is 0. The second-order valence-corrected chi connectivity index (χ2v) is 15.2. The minimum atomic E-state index is 0.907. The van der Waals surface area contributed by atoms with Crippen molar-refractivity contribution in [2.45, 2.75) is 0 Å². The number of para-hydroxylation sites is 4. The zero-order chi connectivity index (χ0) is 37.0. The monoisotopic (exact) mass is 734 g/mol. The fourth-order valence-corrected chi connectivity index (χ4v) is 9.21. The number of nitrogens with zero attached hydrogens (tertiary/aromatic N) is 2. The van der Waals surface area contributed by atoms with E-state index in [1.165, 1.54) is 42.7 Å². The summed E-state index contributed by atoms with van der Waals surface area (Å²) >= 11 is 1.83. The Morgan fingerprint density at radius 2 is 0.964 bits per heavy atom. The van der Waals surface area contributed by atoms with Crippen molar-refractivity contribution in [3.8, 4) is 37.7 Å². The summed E-state index contributed by atoms with van der Waals surface area (Å²) in [7, 11) is 0. The largest absolute Gasteiger partial charge is 0.455 e. The van der Waals surface area contributed by atoms with Crippen LogP contribution in [0, 0.1) is 0 Å². The predicted molar refractivity (Wildman–Crippen MR) is 237 cm³/mol. The van der Waals surface area contributed by atoms with Crippen LogP contribution in [0.2, 0.25) is 0 Å². The molecule has 0 bridgehead atoms. The van der Waals surface area contributed by atoms with E-state index in [4.69, 9.17) is 4.42 Å². The van der Waals surface area contributed by atoms with Crippen LogP contribution in [0.3, 0.4) is 0 Å². The first-order valence-corrected chi connectivity index (χ1v) is 19.7. The lowest BCUT2D eigenvalue weighted by atomic mass is 10.0. The lowest BCUT2D eigenvalue weighted by Crippen LogP contribution is -2.09. The summed E-state index contributed by atoms with van der Waals surface area (Å²) in [5, 5.41) is 4.71. The lowest BCUT2D eigenvalue weighted by Gasteiger charge is -2.26. The standard InChI is InChI=1S/C52H34N2OS/c1-3-12-36(13-4-1)50-32-33-51(56-50)37-24-28-40(29-25-37)53(39-26-22-35(23-27-39)42-18-11-19-45-44-17-8-10-21-49(44)55-52(42)45)41-30-31-48-46(34-41)43-16-7-9-20-47(43)54(48)38-14-5-2-6-15-38/h1-34H. The Balaban J connectivity index is 1.04. The first-order valence-electron chi connectivity index (χ1n) is 18.9. The minimum absolute atomic E-state index is 0.907. The van der Waals surface area contributed by atoms with Gasteiger partial charge in [-0.3, -0.25) is 0 Å². The average molecular weight is 735 g/mol. The van der Waals surface area contributed by atoms with Crippen molar-refractivity contribution in [3.63, 3.8) is 0 Å². The van der Waals surface area contributed by atoms with Gasteiger partial charge in [0.2, 0.25) is 0 Å². The van der Waals surface area contributed by atoms with Gasteiger partial charge >= 0.3 is 0 Å². The lowest BCUT2D eigenvalue weighted by molar-refractivity contribution is 0.670. The van der Waals surface area contributed by atoms with Crippen LogP contribution in [0.25, 0.3) is 81.4 Å². The van der Waals surface area contributed by atoms with Gasteiger partial charge < -0.3 is 13.9 Å². The summed E-state index contributed by atoms with van der Waals surface area (Å²) < 4.78 is 8.79. The molecule has 8 aromatic carbocycles. The molecule has 3 heterocycles. The molecule has 11 aromatic rings. The molecule has 0 atom stereocenters. The average Bonchev–Trinajstić information content (AvgIpc) is 4.00. The van der Waals surface area contributed by atoms with Crippen LogP contribution < -0.4 is 4.90 Å². The molecule has 56 heavy (non-hydrogen) atoms. The van der Waals surface area contributed by atoms with E-state index in [1.54, 1.807) is 0 Å². The topological polar surface area (TPSA) is 21.3 Å². The van der Waals surface area contributed by atoms with Gasteiger partial charge in [0.15, 0.2) is 0 Å². The van der Waals surface area contributed by atoms with Crippen LogP contribution in [-0.4, -0.2) is 4.57 Å². The highest BCUT2D eigenvalue weighted by atomic mass is 32.1. The molecule has 0 aliphatic rings. The molecule has 3 nitrogen and oxygen atoms in total. The van der Waals surface area contributed by atoms with Gasteiger partial charge in [-0.25, -0.2) is 0 Å². The number of hydrogen-bond acceptors (Lipinski definition) is 3. The highest BCUT2D eigenvalue weighted by Crippen LogP contribution is 2.43. The molecule has 3 aromatic heterocycles. The zero-order valence-corrected chi connectivity index (χ0v) is 31.2. The molecule has 0 spiro atoms. The third-order valence-corrected chi connectivity index (χ3v) is 12.0. The van der Waals surface area contributed by atoms with Crippen LogP contribution in [-0.2, 0) is 0 Å². The summed E-state index contributed by atoms with van der Waals surface area (Å²) in [5.74, 6) is 0. The summed E-state index contributed by atoms with van der Waals surface area (Å²) in [4.78, 5) is 4.89. The number of hydrogen-bond donors (Lipinski definition) is 0. The molecule has 0 fully saturated rings. The van der Waals surface area contributed by atoms with Crippen molar-refractivity contribution in [2.75, 3.05) is 4.90 Å². The van der Waals surface area contributed by atoms with Crippen molar-refractivity contribution < 1.29 is 4.42 Å². The Bertz CT molecular complexity index is 3170. The van der Waals surface area contributed by atoms with Gasteiger partial charge in [0.25, 0.3) is 0 Å². The zero-order valence-electron chi connectivity index (χ0n) is 30.3. The van der Waals surface area contributed by atoms with E-state index in [2.05, 4.69) is 204 Å². The summed E-state index contributed by atoms with van der Waals surface area (Å²) in [6, 6.07) is 73.9. The van der Waals surface area contributed by atoms with Gasteiger partial charge in [0.1, 0.15) is 11.2 Å². The third kappa shape index (κ3) is 5.42. The summed E-state index contributed by atoms with van der Waals surface area (Å²) in [6.07, 6.45) is 0. The van der Waals surface area contributed by atoms with E-state index < -0.39 is 0 Å². The van der Waals surface area contributed by atoms with Crippen molar-refractivity contribution in [2.24, 2.45) is 0 Å². The quantitative estimate of drug-likeness (QED) is 0.163. The van der Waals surface area contributed by atoms with Gasteiger partial charge in [-0.1, -0.05) is 127 Å². The number of fused-ring (bicyclic) bond motifs is 6. The maximum atomic E-state index is 6.43. The van der Waals surface area contributed by atoms with E-state index in [0.717, 1.165) is 55.8 Å². The van der Waals surface area contributed by atoms with Crippen LogP contribution in [0.4, 0.5) is 17.1 Å². The maximum Gasteiger partial charge on any atom is 0.143 e. The van der Waals surface area contributed by atoms with Crippen molar-refractivity contribution in [1.29, 1.82) is 0 Å². The van der Waals surface area contributed by atoms with Gasteiger partial charge in [-0.05, 0) is 95.6 Å². The molecule has 0 saturated heterocycles. The van der Waals surface area contributed by atoms with E-state index in [-0.39, 0.29) is 0 Å². The highest BCUT2D eigenvalue weighted by molar-refractivity contribution is 7.18. The molecule has 264 valence electrons. The highest BCUT2D eigenvalue weighted by Gasteiger charge is 2.19. The number of thiophene rings is 1. The van der Waals surface area contributed by atoms with Crippen molar-refractivity contribution >= 4 is 72.1 Å². The van der Waals surface area contributed by atoms with E-state index >= 15 is 0 Å². The summed E-state index contributed by atoms with van der Waals surface area (Å²) in [5.41, 5.74) is 13.3. The molecule has 0 saturated carbocycles. The molecule has 0 aliphatic heterocycles. The molecule has 0 radical (unpaired) electrons. The number of furan rings is 1. The van der Waals surface area contributed by atoms with Crippen molar-refractivity contribution in [3.05, 3.63) is 206 Å². The number of benzene rings is 8. The predicted octanol–water partition coefficient (Wildman–Crippen LogP) is 15.2. The van der Waals surface area contributed by atoms with Crippen LogP contribution in [0.15, 0.2) is 211 Å². The van der Waals surface area contributed by atoms with E-state index in [0.29, 0.717) is 0 Å². The minimum Gasteiger partial charge on any atom is -0.455 e. The Labute approximate surface area is 328 Å². The Hall–Kier alpha value is -7.14. The van der Waals surface area contributed by atoms with Crippen LogP contribution >= 0.6 is 11.3 Å².